The van der Waals surface area contributed by atoms with Crippen LogP contribution in [-0.4, -0.2) is 11.7 Å². The molecule has 0 amide bonds. The number of nitrogens with one attached hydrogen (secondary N) is 1. The third-order valence-electron chi connectivity index (χ3n) is 2.94. The van der Waals surface area contributed by atoms with Crippen molar-refractivity contribution < 1.29 is 9.84 Å². The lowest BCUT2D eigenvalue weighted by atomic mass is 10.2. The third-order valence-corrected chi connectivity index (χ3v) is 3.54. The quantitative estimate of drug-likeness (QED) is 0.846. The van der Waals surface area contributed by atoms with E-state index in [0.29, 0.717) is 23.4 Å². The van der Waals surface area contributed by atoms with Crippen LogP contribution in [0.3, 0.4) is 0 Å². The summed E-state index contributed by atoms with van der Waals surface area (Å²) in [7, 11) is 0. The van der Waals surface area contributed by atoms with Crippen molar-refractivity contribution in [2.24, 2.45) is 0 Å². The van der Waals surface area contributed by atoms with Gasteiger partial charge >= 0.3 is 0 Å². The molecular formula is C16H18BrNO2. The molecule has 4 heteroatoms. The van der Waals surface area contributed by atoms with Crippen molar-refractivity contribution in [1.29, 1.82) is 0 Å². The molecule has 0 aromatic heterocycles. The van der Waals surface area contributed by atoms with Crippen molar-refractivity contribution in [3.63, 3.8) is 0 Å². The Bertz CT molecular complexity index is 582. The second kappa shape index (κ2) is 6.66. The van der Waals surface area contributed by atoms with Gasteiger partial charge in [0.05, 0.1) is 11.1 Å². The van der Waals surface area contributed by atoms with Crippen molar-refractivity contribution in [1.82, 2.24) is 0 Å². The molecule has 2 aromatic rings. The van der Waals surface area contributed by atoms with Crippen LogP contribution in [-0.2, 0) is 6.54 Å². The minimum Gasteiger partial charge on any atom is -0.503 e. The number of aromatic hydroxyl groups is 1. The van der Waals surface area contributed by atoms with Crippen LogP contribution >= 0.6 is 15.9 Å². The van der Waals surface area contributed by atoms with E-state index in [1.54, 1.807) is 0 Å². The number of hydrogen-bond donors (Lipinski definition) is 2. The summed E-state index contributed by atoms with van der Waals surface area (Å²) in [6.07, 6.45) is 0. The SMILES string of the molecule is CCOc1cc(CNc2ccc(C)cc2)cc(Br)c1O. The van der Waals surface area contributed by atoms with Gasteiger partial charge in [0.25, 0.3) is 0 Å². The Kier molecular flexibility index (Phi) is 4.90. The smallest absolute Gasteiger partial charge is 0.172 e. The number of rotatable bonds is 5. The molecular weight excluding hydrogens is 318 g/mol. The number of phenols is 1. The van der Waals surface area contributed by atoms with E-state index in [1.165, 1.54) is 5.56 Å². The minimum atomic E-state index is 0.144. The summed E-state index contributed by atoms with van der Waals surface area (Å²) < 4.78 is 6.06. The maximum absolute atomic E-state index is 9.88. The lowest BCUT2D eigenvalue weighted by Crippen LogP contribution is -2.01. The average Bonchev–Trinajstić information content (AvgIpc) is 2.44. The lowest BCUT2D eigenvalue weighted by Gasteiger charge is -2.12. The van der Waals surface area contributed by atoms with Crippen LogP contribution in [0.5, 0.6) is 11.5 Å². The van der Waals surface area contributed by atoms with Crippen molar-refractivity contribution in [3.05, 3.63) is 52.0 Å². The van der Waals surface area contributed by atoms with E-state index in [9.17, 15) is 5.11 Å². The van der Waals surface area contributed by atoms with E-state index in [-0.39, 0.29) is 5.75 Å². The highest BCUT2D eigenvalue weighted by Crippen LogP contribution is 2.35. The maximum Gasteiger partial charge on any atom is 0.172 e. The highest BCUT2D eigenvalue weighted by atomic mass is 79.9. The highest BCUT2D eigenvalue weighted by Gasteiger charge is 2.09. The summed E-state index contributed by atoms with van der Waals surface area (Å²) in [6, 6.07) is 12.0. The van der Waals surface area contributed by atoms with E-state index in [1.807, 2.05) is 31.2 Å². The molecule has 2 rings (SSSR count). The Labute approximate surface area is 127 Å². The van der Waals surface area contributed by atoms with Crippen molar-refractivity contribution >= 4 is 21.6 Å². The molecule has 0 aliphatic heterocycles. The summed E-state index contributed by atoms with van der Waals surface area (Å²) in [6.45, 7) is 5.15. The zero-order chi connectivity index (χ0) is 14.5. The Morgan fingerprint density at radius 2 is 1.90 bits per heavy atom. The fourth-order valence-electron chi connectivity index (χ4n) is 1.87. The minimum absolute atomic E-state index is 0.144. The van der Waals surface area contributed by atoms with Gasteiger partial charge in [0.15, 0.2) is 11.5 Å². The first-order valence-electron chi connectivity index (χ1n) is 6.55. The van der Waals surface area contributed by atoms with Crippen molar-refractivity contribution in [2.75, 3.05) is 11.9 Å². The van der Waals surface area contributed by atoms with Crippen LogP contribution in [0.15, 0.2) is 40.9 Å². The number of aryl methyl sites for hydroxylation is 1. The predicted molar refractivity (Wildman–Crippen MR) is 85.5 cm³/mol. The lowest BCUT2D eigenvalue weighted by molar-refractivity contribution is 0.317. The van der Waals surface area contributed by atoms with Gasteiger partial charge in [0.2, 0.25) is 0 Å². The van der Waals surface area contributed by atoms with Crippen molar-refractivity contribution in [2.45, 2.75) is 20.4 Å². The molecule has 0 saturated carbocycles. The fourth-order valence-corrected chi connectivity index (χ4v) is 2.36. The van der Waals surface area contributed by atoms with Gasteiger partial charge in [0.1, 0.15) is 0 Å². The molecule has 0 atom stereocenters. The van der Waals surface area contributed by atoms with Crippen molar-refractivity contribution in [3.8, 4) is 11.5 Å². The Hall–Kier alpha value is -1.68. The van der Waals surface area contributed by atoms with Crippen LogP contribution in [0.25, 0.3) is 0 Å². The van der Waals surface area contributed by atoms with Gasteiger partial charge in [-0.3, -0.25) is 0 Å². The molecule has 0 heterocycles. The molecule has 0 aliphatic rings. The van der Waals surface area contributed by atoms with Crippen LogP contribution < -0.4 is 10.1 Å². The molecule has 0 fully saturated rings. The standard InChI is InChI=1S/C16H18BrNO2/c1-3-20-15-9-12(8-14(17)16(15)19)10-18-13-6-4-11(2)5-7-13/h4-9,18-19H,3,10H2,1-2H3. The maximum atomic E-state index is 9.88. The molecule has 0 aliphatic carbocycles. The Morgan fingerprint density at radius 3 is 2.55 bits per heavy atom. The summed E-state index contributed by atoms with van der Waals surface area (Å²) in [5.41, 5.74) is 3.35. The van der Waals surface area contributed by atoms with E-state index in [0.717, 1.165) is 11.3 Å². The third kappa shape index (κ3) is 3.67. The molecule has 2 N–H and O–H groups in total. The number of hydrogen-bond acceptors (Lipinski definition) is 3. The number of benzene rings is 2. The van der Waals surface area contributed by atoms with Gasteiger partial charge < -0.3 is 15.2 Å². The molecule has 3 nitrogen and oxygen atoms in total. The largest absolute Gasteiger partial charge is 0.503 e. The summed E-state index contributed by atoms with van der Waals surface area (Å²) in [5, 5.41) is 13.2. The highest BCUT2D eigenvalue weighted by molar-refractivity contribution is 9.10. The van der Waals surface area contributed by atoms with Gasteiger partial charge in [-0.05, 0) is 59.6 Å². The molecule has 2 aromatic carbocycles. The first-order chi connectivity index (χ1) is 9.60. The van der Waals surface area contributed by atoms with Gasteiger partial charge in [-0.1, -0.05) is 17.7 Å². The first kappa shape index (κ1) is 14.7. The van der Waals surface area contributed by atoms with Gasteiger partial charge in [-0.15, -0.1) is 0 Å². The molecule has 20 heavy (non-hydrogen) atoms. The Balaban J connectivity index is 2.11. The zero-order valence-corrected chi connectivity index (χ0v) is 13.2. The van der Waals surface area contributed by atoms with Gasteiger partial charge in [0, 0.05) is 12.2 Å². The summed E-state index contributed by atoms with van der Waals surface area (Å²) >= 11 is 3.34. The van der Waals surface area contributed by atoms with Crippen LogP contribution in [0.1, 0.15) is 18.1 Å². The van der Waals surface area contributed by atoms with Gasteiger partial charge in [-0.2, -0.15) is 0 Å². The first-order valence-corrected chi connectivity index (χ1v) is 7.34. The van der Waals surface area contributed by atoms with E-state index >= 15 is 0 Å². The van der Waals surface area contributed by atoms with E-state index < -0.39 is 0 Å². The average molecular weight is 336 g/mol. The summed E-state index contributed by atoms with van der Waals surface area (Å²) in [4.78, 5) is 0. The molecule has 106 valence electrons. The fraction of sp³-hybridized carbons (Fsp3) is 0.250. The number of anilines is 1. The van der Waals surface area contributed by atoms with Crippen LogP contribution in [0, 0.1) is 6.92 Å². The number of halogens is 1. The van der Waals surface area contributed by atoms with Crippen LogP contribution in [0.2, 0.25) is 0 Å². The van der Waals surface area contributed by atoms with E-state index in [4.69, 9.17) is 4.74 Å². The zero-order valence-electron chi connectivity index (χ0n) is 11.6. The van der Waals surface area contributed by atoms with E-state index in [2.05, 4.69) is 40.3 Å². The topological polar surface area (TPSA) is 41.5 Å². The predicted octanol–water partition coefficient (Wildman–Crippen LogP) is 4.47. The second-order valence-electron chi connectivity index (χ2n) is 4.58. The number of phenolic OH excluding ortho intramolecular Hbond substituents is 1. The Morgan fingerprint density at radius 1 is 1.20 bits per heavy atom. The second-order valence-corrected chi connectivity index (χ2v) is 5.43. The molecule has 0 unspecified atom stereocenters. The summed E-state index contributed by atoms with van der Waals surface area (Å²) in [5.74, 6) is 0.647. The normalized spacial score (nSPS) is 10.3. The van der Waals surface area contributed by atoms with Crippen LogP contribution in [0.4, 0.5) is 5.69 Å². The monoisotopic (exact) mass is 335 g/mol. The molecule has 0 radical (unpaired) electrons. The number of ether oxygens (including phenoxy) is 1. The van der Waals surface area contributed by atoms with Gasteiger partial charge in [-0.25, -0.2) is 0 Å². The molecule has 0 spiro atoms. The molecule has 0 saturated heterocycles. The molecule has 0 bridgehead atoms.